The van der Waals surface area contributed by atoms with Gasteiger partial charge in [-0.2, -0.15) is 0 Å². The van der Waals surface area contributed by atoms with Gasteiger partial charge in [-0.15, -0.1) is 0 Å². The monoisotopic (exact) mass is 406 g/mol. The molecule has 2 unspecified atom stereocenters. The van der Waals surface area contributed by atoms with Gasteiger partial charge >= 0.3 is 0 Å². The number of rotatable bonds is 6. The number of aromatic nitrogens is 3. The van der Waals surface area contributed by atoms with Gasteiger partial charge in [-0.1, -0.05) is 32.6 Å². The molecule has 0 aliphatic carbocycles. The minimum absolute atomic E-state index is 0.104. The van der Waals surface area contributed by atoms with Crippen LogP contribution in [0.5, 0.6) is 0 Å². The summed E-state index contributed by atoms with van der Waals surface area (Å²) in [5, 5.41) is 8.61. The molecule has 0 bridgehead atoms. The summed E-state index contributed by atoms with van der Waals surface area (Å²) in [6, 6.07) is 8.24. The fourth-order valence-electron chi connectivity index (χ4n) is 3.81. The van der Waals surface area contributed by atoms with E-state index in [1.54, 1.807) is 18.6 Å². The normalized spacial score (nSPS) is 19.3. The molecule has 156 valence electrons. The fraction of sp³-hybridized carbons (Fsp3) is 0.348. The van der Waals surface area contributed by atoms with Gasteiger partial charge in [0.25, 0.3) is 0 Å². The predicted octanol–water partition coefficient (Wildman–Crippen LogP) is 3.99. The van der Waals surface area contributed by atoms with Crippen molar-refractivity contribution in [2.24, 2.45) is 0 Å². The molecule has 1 aliphatic rings. The van der Waals surface area contributed by atoms with Crippen molar-refractivity contribution in [2.75, 3.05) is 18.4 Å². The molecule has 2 atom stereocenters. The van der Waals surface area contributed by atoms with Crippen LogP contribution in [-0.2, 0) is 0 Å². The van der Waals surface area contributed by atoms with Crippen molar-refractivity contribution in [1.29, 1.82) is 0 Å². The lowest BCUT2D eigenvalue weighted by atomic mass is 10.0. The number of alkyl halides is 1. The zero-order valence-corrected chi connectivity index (χ0v) is 17.3. The molecule has 4 rings (SSSR count). The number of piperidine rings is 1. The van der Waals surface area contributed by atoms with Gasteiger partial charge in [0.15, 0.2) is 0 Å². The average Bonchev–Trinajstić information content (AvgIpc) is 2.75. The quantitative estimate of drug-likeness (QED) is 0.645. The van der Waals surface area contributed by atoms with Gasteiger partial charge in [-0.05, 0) is 23.9 Å². The lowest BCUT2D eigenvalue weighted by Gasteiger charge is -2.38. The lowest BCUT2D eigenvalue weighted by molar-refractivity contribution is 0.124. The van der Waals surface area contributed by atoms with Crippen LogP contribution in [0.1, 0.15) is 20.3 Å². The summed E-state index contributed by atoms with van der Waals surface area (Å²) in [6.07, 6.45) is 6.72. The van der Waals surface area contributed by atoms with E-state index in [2.05, 4.69) is 38.2 Å². The van der Waals surface area contributed by atoms with Crippen LogP contribution in [0.25, 0.3) is 22.0 Å². The first-order valence-corrected chi connectivity index (χ1v) is 10.3. The third-order valence-electron chi connectivity index (χ3n) is 5.32. The number of anilines is 1. The second-order valence-electron chi connectivity index (χ2n) is 7.97. The standard InChI is InChI=1S/C23H27FN6/c1-15(2)28-21-6-9-30(14-20(21)24)16(3)29-23-11-19-10-17(4-5-18(19)12-27-23)22-13-25-7-8-26-22/h4-5,7-8,10-13,15,20-21,28H,3,6,9,14H2,1-2H3,(H,27,29). The van der Waals surface area contributed by atoms with Gasteiger partial charge < -0.3 is 15.5 Å². The minimum Gasteiger partial charge on any atom is -0.356 e. The summed E-state index contributed by atoms with van der Waals surface area (Å²) in [4.78, 5) is 14.9. The number of pyridine rings is 1. The topological polar surface area (TPSA) is 66.0 Å². The number of hydrogen-bond acceptors (Lipinski definition) is 6. The van der Waals surface area contributed by atoms with Gasteiger partial charge in [0.05, 0.1) is 24.3 Å². The highest BCUT2D eigenvalue weighted by Crippen LogP contribution is 2.25. The molecule has 1 aliphatic heterocycles. The van der Waals surface area contributed by atoms with Crippen molar-refractivity contribution in [1.82, 2.24) is 25.2 Å². The van der Waals surface area contributed by atoms with E-state index in [0.29, 0.717) is 18.2 Å². The first kappa shape index (κ1) is 20.2. The SMILES string of the molecule is C=C(Nc1cc2cc(-c3cnccn3)ccc2cn1)N1CCC(NC(C)C)C(F)C1. The molecule has 0 amide bonds. The van der Waals surface area contributed by atoms with E-state index < -0.39 is 6.17 Å². The molecule has 7 heteroatoms. The molecule has 3 aromatic rings. The largest absolute Gasteiger partial charge is 0.356 e. The van der Waals surface area contributed by atoms with Crippen molar-refractivity contribution < 1.29 is 4.39 Å². The molecule has 2 aromatic heterocycles. The van der Waals surface area contributed by atoms with Crippen molar-refractivity contribution in [3.63, 3.8) is 0 Å². The predicted molar refractivity (Wildman–Crippen MR) is 119 cm³/mol. The van der Waals surface area contributed by atoms with E-state index in [1.165, 1.54) is 0 Å². The van der Waals surface area contributed by atoms with E-state index in [4.69, 9.17) is 0 Å². The molecule has 0 saturated carbocycles. The number of nitrogens with zero attached hydrogens (tertiary/aromatic N) is 4. The van der Waals surface area contributed by atoms with Crippen molar-refractivity contribution >= 4 is 16.6 Å². The Hall–Kier alpha value is -3.06. The molecule has 0 radical (unpaired) electrons. The molecule has 2 N–H and O–H groups in total. The second-order valence-corrected chi connectivity index (χ2v) is 7.97. The first-order valence-electron chi connectivity index (χ1n) is 10.3. The summed E-state index contributed by atoms with van der Waals surface area (Å²) in [7, 11) is 0. The van der Waals surface area contributed by atoms with Crippen molar-refractivity contribution in [3.05, 3.63) is 61.5 Å². The Morgan fingerprint density at radius 3 is 2.77 bits per heavy atom. The highest BCUT2D eigenvalue weighted by atomic mass is 19.1. The molecular weight excluding hydrogens is 379 g/mol. The van der Waals surface area contributed by atoms with Gasteiger partial charge in [0.1, 0.15) is 12.0 Å². The highest BCUT2D eigenvalue weighted by molar-refractivity contribution is 5.88. The van der Waals surface area contributed by atoms with Crippen LogP contribution in [0.15, 0.2) is 61.5 Å². The molecule has 1 fully saturated rings. The van der Waals surface area contributed by atoms with Crippen molar-refractivity contribution in [3.8, 4) is 11.3 Å². The molecule has 1 saturated heterocycles. The Bertz CT molecular complexity index is 1020. The Balaban J connectivity index is 1.46. The van der Waals surface area contributed by atoms with Gasteiger partial charge in [0, 0.05) is 48.2 Å². The van der Waals surface area contributed by atoms with E-state index in [-0.39, 0.29) is 12.1 Å². The second kappa shape index (κ2) is 8.75. The number of hydrogen-bond donors (Lipinski definition) is 2. The van der Waals surface area contributed by atoms with Crippen LogP contribution in [0.4, 0.5) is 10.2 Å². The van der Waals surface area contributed by atoms with E-state index in [1.807, 2.05) is 43.1 Å². The number of nitrogens with one attached hydrogen (secondary N) is 2. The third kappa shape index (κ3) is 4.57. The first-order chi connectivity index (χ1) is 14.5. The summed E-state index contributed by atoms with van der Waals surface area (Å²) < 4.78 is 14.6. The maximum Gasteiger partial charge on any atom is 0.133 e. The Labute approximate surface area is 176 Å². The molecule has 6 nitrogen and oxygen atoms in total. The number of benzene rings is 1. The Morgan fingerprint density at radius 2 is 2.03 bits per heavy atom. The van der Waals surface area contributed by atoms with Crippen LogP contribution in [0, 0.1) is 0 Å². The zero-order chi connectivity index (χ0) is 21.1. The summed E-state index contributed by atoms with van der Waals surface area (Å²) in [5.74, 6) is 1.35. The van der Waals surface area contributed by atoms with Crippen LogP contribution in [0.2, 0.25) is 0 Å². The Kier molecular flexibility index (Phi) is 5.90. The van der Waals surface area contributed by atoms with Crippen LogP contribution >= 0.6 is 0 Å². The number of halogens is 1. The Morgan fingerprint density at radius 1 is 1.17 bits per heavy atom. The molecule has 30 heavy (non-hydrogen) atoms. The maximum absolute atomic E-state index is 14.6. The van der Waals surface area contributed by atoms with Gasteiger partial charge in [-0.25, -0.2) is 9.37 Å². The van der Waals surface area contributed by atoms with Crippen LogP contribution in [0.3, 0.4) is 0 Å². The number of fused-ring (bicyclic) bond motifs is 1. The minimum atomic E-state index is -0.932. The summed E-state index contributed by atoms with van der Waals surface area (Å²) in [5.41, 5.74) is 1.81. The van der Waals surface area contributed by atoms with E-state index >= 15 is 0 Å². The van der Waals surface area contributed by atoms with Crippen LogP contribution < -0.4 is 10.6 Å². The van der Waals surface area contributed by atoms with Gasteiger partial charge in [0.2, 0.25) is 0 Å². The summed E-state index contributed by atoms with van der Waals surface area (Å²) in [6.45, 7) is 9.26. The highest BCUT2D eigenvalue weighted by Gasteiger charge is 2.30. The number of likely N-dealkylation sites (tertiary alicyclic amines) is 1. The molecular formula is C23H27FN6. The third-order valence-corrected chi connectivity index (χ3v) is 5.32. The molecule has 3 heterocycles. The van der Waals surface area contributed by atoms with Gasteiger partial charge in [-0.3, -0.25) is 9.97 Å². The molecule has 0 spiro atoms. The summed E-state index contributed by atoms with van der Waals surface area (Å²) >= 11 is 0. The molecule has 1 aromatic carbocycles. The lowest BCUT2D eigenvalue weighted by Crippen LogP contribution is -2.52. The average molecular weight is 407 g/mol. The maximum atomic E-state index is 14.6. The van der Waals surface area contributed by atoms with Crippen LogP contribution in [-0.4, -0.2) is 51.2 Å². The fourth-order valence-corrected chi connectivity index (χ4v) is 3.81. The van der Waals surface area contributed by atoms with Crippen molar-refractivity contribution in [2.45, 2.75) is 38.5 Å². The van der Waals surface area contributed by atoms with E-state index in [0.717, 1.165) is 35.0 Å². The smallest absolute Gasteiger partial charge is 0.133 e. The van der Waals surface area contributed by atoms with E-state index in [9.17, 15) is 4.39 Å². The zero-order valence-electron chi connectivity index (χ0n) is 17.3.